The van der Waals surface area contributed by atoms with Gasteiger partial charge in [-0.05, 0) is 37.6 Å². The average Bonchev–Trinajstić information content (AvgIpc) is 2.44. The van der Waals surface area contributed by atoms with Crippen LogP contribution in [0.4, 0.5) is 0 Å². The summed E-state index contributed by atoms with van der Waals surface area (Å²) in [5, 5.41) is 10.2. The lowest BCUT2D eigenvalue weighted by atomic mass is 10.1. The van der Waals surface area contributed by atoms with E-state index in [1.807, 2.05) is 0 Å². The molecule has 1 N–H and O–H groups in total. The fraction of sp³-hybridized carbons (Fsp3) is 0.312. The molecule has 0 aliphatic rings. The summed E-state index contributed by atoms with van der Waals surface area (Å²) < 4.78 is 29.0. The van der Waals surface area contributed by atoms with Crippen molar-refractivity contribution in [1.82, 2.24) is 4.98 Å². The molecule has 124 valence electrons. The number of sulfone groups is 1. The molecule has 0 aliphatic heterocycles. The van der Waals surface area contributed by atoms with Crippen molar-refractivity contribution < 1.29 is 18.3 Å². The summed E-state index contributed by atoms with van der Waals surface area (Å²) in [6.07, 6.45) is 2.58. The first kappa shape index (κ1) is 17.7. The fourth-order valence-electron chi connectivity index (χ4n) is 1.89. The summed E-state index contributed by atoms with van der Waals surface area (Å²) in [5.41, 5.74) is 0.161. The van der Waals surface area contributed by atoms with Crippen LogP contribution in [0.5, 0.6) is 5.88 Å². The zero-order valence-corrected chi connectivity index (χ0v) is 14.6. The SMILES string of the molecule is CC(C)(O)COc1ncc(Cl)cc1-c1cccc(S(C)(=O)=O)c1. The Bertz CT molecular complexity index is 813. The van der Waals surface area contributed by atoms with E-state index < -0.39 is 15.4 Å². The molecular weight excluding hydrogens is 338 g/mol. The highest BCUT2D eigenvalue weighted by molar-refractivity contribution is 7.90. The van der Waals surface area contributed by atoms with E-state index in [0.717, 1.165) is 6.26 Å². The Hall–Kier alpha value is -1.63. The smallest absolute Gasteiger partial charge is 0.221 e. The van der Waals surface area contributed by atoms with Crippen LogP contribution in [0.15, 0.2) is 41.4 Å². The lowest BCUT2D eigenvalue weighted by Gasteiger charge is -2.19. The molecule has 0 atom stereocenters. The van der Waals surface area contributed by atoms with Crippen LogP contribution in [0.1, 0.15) is 13.8 Å². The zero-order chi connectivity index (χ0) is 17.3. The van der Waals surface area contributed by atoms with Crippen molar-refractivity contribution in [3.05, 3.63) is 41.6 Å². The maximum Gasteiger partial charge on any atom is 0.221 e. The first-order valence-corrected chi connectivity index (χ1v) is 9.14. The van der Waals surface area contributed by atoms with Gasteiger partial charge in [0.05, 0.1) is 15.5 Å². The number of aromatic nitrogens is 1. The van der Waals surface area contributed by atoms with E-state index in [2.05, 4.69) is 4.98 Å². The third kappa shape index (κ3) is 4.92. The van der Waals surface area contributed by atoms with Gasteiger partial charge in [0.15, 0.2) is 9.84 Å². The summed E-state index contributed by atoms with van der Waals surface area (Å²) in [4.78, 5) is 4.33. The molecule has 0 saturated carbocycles. The van der Waals surface area contributed by atoms with Crippen LogP contribution in [0.25, 0.3) is 11.1 Å². The summed E-state index contributed by atoms with van der Waals surface area (Å²) in [6.45, 7) is 3.28. The maximum absolute atomic E-state index is 11.7. The Kier molecular flexibility index (Phi) is 4.98. The standard InChI is InChI=1S/C16H18ClNO4S/c1-16(2,19)10-22-15-14(8-12(17)9-18-15)11-5-4-6-13(7-11)23(3,20)21/h4-9,19H,10H2,1-3H3. The van der Waals surface area contributed by atoms with Gasteiger partial charge in [0, 0.05) is 18.0 Å². The van der Waals surface area contributed by atoms with Crippen molar-refractivity contribution in [2.45, 2.75) is 24.3 Å². The van der Waals surface area contributed by atoms with E-state index in [-0.39, 0.29) is 17.4 Å². The molecule has 0 fully saturated rings. The Morgan fingerprint density at radius 3 is 2.61 bits per heavy atom. The Morgan fingerprint density at radius 1 is 1.30 bits per heavy atom. The molecule has 0 aliphatic carbocycles. The number of hydrogen-bond acceptors (Lipinski definition) is 5. The molecule has 0 spiro atoms. The molecule has 1 aromatic carbocycles. The maximum atomic E-state index is 11.7. The molecule has 0 unspecified atom stereocenters. The highest BCUT2D eigenvalue weighted by atomic mass is 35.5. The number of rotatable bonds is 5. The topological polar surface area (TPSA) is 76.5 Å². The Labute approximate surface area is 140 Å². The lowest BCUT2D eigenvalue weighted by Crippen LogP contribution is -2.28. The van der Waals surface area contributed by atoms with Gasteiger partial charge >= 0.3 is 0 Å². The summed E-state index contributed by atoms with van der Waals surface area (Å²) in [5.74, 6) is 0.280. The number of nitrogens with zero attached hydrogens (tertiary/aromatic N) is 1. The van der Waals surface area contributed by atoms with Crippen molar-refractivity contribution in [1.29, 1.82) is 0 Å². The first-order valence-electron chi connectivity index (χ1n) is 6.87. The van der Waals surface area contributed by atoms with Crippen molar-refractivity contribution >= 4 is 21.4 Å². The predicted octanol–water partition coefficient (Wildman–Crippen LogP) is 2.96. The summed E-state index contributed by atoms with van der Waals surface area (Å²) in [6, 6.07) is 8.11. The van der Waals surface area contributed by atoms with Gasteiger partial charge in [-0.3, -0.25) is 0 Å². The highest BCUT2D eigenvalue weighted by Gasteiger charge is 2.17. The van der Waals surface area contributed by atoms with E-state index >= 15 is 0 Å². The van der Waals surface area contributed by atoms with E-state index in [1.54, 1.807) is 38.1 Å². The van der Waals surface area contributed by atoms with Gasteiger partial charge in [0.25, 0.3) is 0 Å². The lowest BCUT2D eigenvalue weighted by molar-refractivity contribution is 0.0271. The highest BCUT2D eigenvalue weighted by Crippen LogP contribution is 2.32. The monoisotopic (exact) mass is 355 g/mol. The predicted molar refractivity (Wildman–Crippen MR) is 89.6 cm³/mol. The molecule has 2 rings (SSSR count). The van der Waals surface area contributed by atoms with Crippen LogP contribution in [0.3, 0.4) is 0 Å². The molecule has 0 bridgehead atoms. The van der Waals surface area contributed by atoms with Crippen LogP contribution >= 0.6 is 11.6 Å². The van der Waals surface area contributed by atoms with E-state index in [9.17, 15) is 13.5 Å². The number of ether oxygens (including phenoxy) is 1. The molecule has 0 radical (unpaired) electrons. The molecular formula is C16H18ClNO4S. The van der Waals surface area contributed by atoms with Crippen LogP contribution in [0, 0.1) is 0 Å². The second kappa shape index (κ2) is 6.47. The van der Waals surface area contributed by atoms with Crippen molar-refractivity contribution in [3.8, 4) is 17.0 Å². The van der Waals surface area contributed by atoms with Gasteiger partial charge in [0.1, 0.15) is 6.61 Å². The molecule has 1 aromatic heterocycles. The zero-order valence-electron chi connectivity index (χ0n) is 13.1. The minimum Gasteiger partial charge on any atom is -0.474 e. The van der Waals surface area contributed by atoms with Gasteiger partial charge < -0.3 is 9.84 Å². The third-order valence-corrected chi connectivity index (χ3v) is 4.27. The van der Waals surface area contributed by atoms with Crippen LogP contribution in [-0.4, -0.2) is 37.0 Å². The van der Waals surface area contributed by atoms with E-state index in [0.29, 0.717) is 16.1 Å². The Balaban J connectivity index is 2.48. The normalized spacial score (nSPS) is 12.2. The number of benzene rings is 1. The molecule has 0 amide bonds. The second-order valence-corrected chi connectivity index (χ2v) is 8.36. The minimum atomic E-state index is -3.33. The molecule has 23 heavy (non-hydrogen) atoms. The summed E-state index contributed by atoms with van der Waals surface area (Å²) >= 11 is 6.00. The van der Waals surface area contributed by atoms with Crippen molar-refractivity contribution in [2.75, 3.05) is 12.9 Å². The average molecular weight is 356 g/mol. The minimum absolute atomic E-state index is 0.0421. The second-order valence-electron chi connectivity index (χ2n) is 5.91. The van der Waals surface area contributed by atoms with Crippen LogP contribution in [0.2, 0.25) is 5.02 Å². The van der Waals surface area contributed by atoms with Gasteiger partial charge in [-0.2, -0.15) is 0 Å². The molecule has 2 aromatic rings. The molecule has 7 heteroatoms. The van der Waals surface area contributed by atoms with E-state index in [4.69, 9.17) is 16.3 Å². The number of halogens is 1. The molecule has 5 nitrogen and oxygen atoms in total. The van der Waals surface area contributed by atoms with E-state index in [1.165, 1.54) is 12.3 Å². The van der Waals surface area contributed by atoms with Gasteiger partial charge in [0.2, 0.25) is 5.88 Å². The fourth-order valence-corrected chi connectivity index (χ4v) is 2.71. The van der Waals surface area contributed by atoms with Gasteiger partial charge in [-0.25, -0.2) is 13.4 Å². The number of hydrogen-bond donors (Lipinski definition) is 1. The third-order valence-electron chi connectivity index (χ3n) is 2.95. The largest absolute Gasteiger partial charge is 0.474 e. The van der Waals surface area contributed by atoms with Gasteiger partial charge in [-0.1, -0.05) is 23.7 Å². The van der Waals surface area contributed by atoms with Crippen LogP contribution < -0.4 is 4.74 Å². The summed E-state index contributed by atoms with van der Waals surface area (Å²) in [7, 11) is -3.33. The van der Waals surface area contributed by atoms with Crippen molar-refractivity contribution in [3.63, 3.8) is 0 Å². The quantitative estimate of drug-likeness (QED) is 0.892. The number of pyridine rings is 1. The van der Waals surface area contributed by atoms with Crippen LogP contribution in [-0.2, 0) is 9.84 Å². The molecule has 0 saturated heterocycles. The Morgan fingerprint density at radius 2 is 2.00 bits per heavy atom. The molecule has 1 heterocycles. The first-order chi connectivity index (χ1) is 10.6. The van der Waals surface area contributed by atoms with Crippen molar-refractivity contribution in [2.24, 2.45) is 0 Å². The van der Waals surface area contributed by atoms with Gasteiger partial charge in [-0.15, -0.1) is 0 Å². The number of aliphatic hydroxyl groups is 1.